The summed E-state index contributed by atoms with van der Waals surface area (Å²) in [6.07, 6.45) is 0.827. The number of rotatable bonds is 6. The van der Waals surface area contributed by atoms with Gasteiger partial charge >= 0.3 is 0 Å². The Morgan fingerprint density at radius 3 is 2.58 bits per heavy atom. The number of aromatic amines is 1. The topological polar surface area (TPSA) is 60.9 Å². The lowest BCUT2D eigenvalue weighted by atomic mass is 10.1. The molecule has 1 atom stereocenters. The zero-order chi connectivity index (χ0) is 13.7. The van der Waals surface area contributed by atoms with Gasteiger partial charge in [-0.3, -0.25) is 5.10 Å². The summed E-state index contributed by atoms with van der Waals surface area (Å²) in [5.41, 5.74) is 4.52. The van der Waals surface area contributed by atoms with Gasteiger partial charge in [-0.1, -0.05) is 30.3 Å². The van der Waals surface area contributed by atoms with Crippen LogP contribution in [0, 0.1) is 13.8 Å². The van der Waals surface area contributed by atoms with Crippen LogP contribution in [0.3, 0.4) is 0 Å². The molecule has 2 aromatic rings. The van der Waals surface area contributed by atoms with E-state index in [-0.39, 0.29) is 12.6 Å². The maximum absolute atomic E-state index is 9.47. The number of nitrogens with zero attached hydrogens (tertiary/aromatic N) is 1. The summed E-state index contributed by atoms with van der Waals surface area (Å²) in [5, 5.41) is 20.0. The van der Waals surface area contributed by atoms with Gasteiger partial charge in [0.1, 0.15) is 0 Å². The van der Waals surface area contributed by atoms with Gasteiger partial charge in [0, 0.05) is 23.8 Å². The summed E-state index contributed by atoms with van der Waals surface area (Å²) < 4.78 is 0. The predicted molar refractivity (Wildman–Crippen MR) is 75.9 cm³/mol. The Bertz CT molecular complexity index is 488. The Morgan fingerprint density at radius 1 is 1.26 bits per heavy atom. The first-order chi connectivity index (χ1) is 9.20. The van der Waals surface area contributed by atoms with Crippen LogP contribution >= 0.6 is 0 Å². The molecule has 0 bridgehead atoms. The third-order valence-electron chi connectivity index (χ3n) is 3.39. The van der Waals surface area contributed by atoms with Gasteiger partial charge in [0.25, 0.3) is 0 Å². The van der Waals surface area contributed by atoms with Crippen molar-refractivity contribution in [2.24, 2.45) is 0 Å². The highest BCUT2D eigenvalue weighted by Gasteiger charge is 2.11. The van der Waals surface area contributed by atoms with Crippen molar-refractivity contribution in [2.75, 3.05) is 6.61 Å². The molecule has 0 aliphatic heterocycles. The van der Waals surface area contributed by atoms with E-state index >= 15 is 0 Å². The van der Waals surface area contributed by atoms with Crippen LogP contribution in [0.15, 0.2) is 30.3 Å². The van der Waals surface area contributed by atoms with E-state index < -0.39 is 0 Å². The first-order valence-corrected chi connectivity index (χ1v) is 6.59. The van der Waals surface area contributed by atoms with E-state index in [1.165, 1.54) is 11.1 Å². The second-order valence-electron chi connectivity index (χ2n) is 4.86. The molecular weight excluding hydrogens is 238 g/mol. The van der Waals surface area contributed by atoms with Crippen molar-refractivity contribution < 1.29 is 5.11 Å². The molecule has 102 valence electrons. The fraction of sp³-hybridized carbons (Fsp3) is 0.400. The van der Waals surface area contributed by atoms with E-state index in [0.29, 0.717) is 0 Å². The van der Waals surface area contributed by atoms with Crippen LogP contribution in [0.1, 0.15) is 22.5 Å². The van der Waals surface area contributed by atoms with Crippen LogP contribution in [-0.4, -0.2) is 28.0 Å². The summed E-state index contributed by atoms with van der Waals surface area (Å²) >= 11 is 0. The third kappa shape index (κ3) is 3.66. The second kappa shape index (κ2) is 6.50. The molecule has 0 aliphatic carbocycles. The van der Waals surface area contributed by atoms with E-state index in [1.807, 2.05) is 32.0 Å². The predicted octanol–water partition coefficient (Wildman–Crippen LogP) is 1.72. The third-order valence-corrected chi connectivity index (χ3v) is 3.39. The van der Waals surface area contributed by atoms with Gasteiger partial charge in [0.05, 0.1) is 12.3 Å². The van der Waals surface area contributed by atoms with Gasteiger partial charge in [-0.15, -0.1) is 0 Å². The summed E-state index contributed by atoms with van der Waals surface area (Å²) in [7, 11) is 0. The molecular formula is C15H21N3O. The molecule has 4 heteroatoms. The minimum atomic E-state index is 0.0658. The SMILES string of the molecule is Cc1n[nH]c(C)c1CNC(CO)Cc1ccccc1. The van der Waals surface area contributed by atoms with Crippen molar-refractivity contribution in [3.8, 4) is 0 Å². The van der Waals surface area contributed by atoms with Crippen LogP contribution in [0.25, 0.3) is 0 Å². The van der Waals surface area contributed by atoms with E-state index in [1.54, 1.807) is 0 Å². The van der Waals surface area contributed by atoms with Crippen molar-refractivity contribution in [2.45, 2.75) is 32.9 Å². The highest BCUT2D eigenvalue weighted by molar-refractivity contribution is 5.23. The molecule has 1 aromatic carbocycles. The Balaban J connectivity index is 1.93. The maximum Gasteiger partial charge on any atom is 0.0638 e. The highest BCUT2D eigenvalue weighted by atomic mass is 16.3. The minimum Gasteiger partial charge on any atom is -0.395 e. The lowest BCUT2D eigenvalue weighted by Gasteiger charge is -2.16. The summed E-state index contributed by atoms with van der Waals surface area (Å²) in [6, 6.07) is 10.3. The summed E-state index contributed by atoms with van der Waals surface area (Å²) in [6.45, 7) is 4.87. The fourth-order valence-electron chi connectivity index (χ4n) is 2.18. The molecule has 19 heavy (non-hydrogen) atoms. The monoisotopic (exact) mass is 259 g/mol. The van der Waals surface area contributed by atoms with E-state index in [2.05, 4.69) is 27.6 Å². The van der Waals surface area contributed by atoms with Crippen LogP contribution in [0.5, 0.6) is 0 Å². The van der Waals surface area contributed by atoms with Crippen molar-refractivity contribution in [3.63, 3.8) is 0 Å². The second-order valence-corrected chi connectivity index (χ2v) is 4.86. The van der Waals surface area contributed by atoms with Crippen LogP contribution in [0.4, 0.5) is 0 Å². The normalized spacial score (nSPS) is 12.6. The molecule has 3 N–H and O–H groups in total. The Morgan fingerprint density at radius 2 is 2.00 bits per heavy atom. The van der Waals surface area contributed by atoms with Crippen molar-refractivity contribution in [1.82, 2.24) is 15.5 Å². The number of aliphatic hydroxyl groups is 1. The number of nitrogens with one attached hydrogen (secondary N) is 2. The number of aryl methyl sites for hydroxylation is 2. The molecule has 0 aliphatic rings. The van der Waals surface area contributed by atoms with E-state index in [4.69, 9.17) is 0 Å². The molecule has 1 unspecified atom stereocenters. The van der Waals surface area contributed by atoms with Crippen LogP contribution in [0.2, 0.25) is 0 Å². The summed E-state index contributed by atoms with van der Waals surface area (Å²) in [4.78, 5) is 0. The fourth-order valence-corrected chi connectivity index (χ4v) is 2.18. The van der Waals surface area contributed by atoms with E-state index in [9.17, 15) is 5.11 Å². The van der Waals surface area contributed by atoms with Gasteiger partial charge in [0.2, 0.25) is 0 Å². The molecule has 1 heterocycles. The van der Waals surface area contributed by atoms with Gasteiger partial charge in [-0.25, -0.2) is 0 Å². The first kappa shape index (κ1) is 13.8. The lowest BCUT2D eigenvalue weighted by Crippen LogP contribution is -2.34. The lowest BCUT2D eigenvalue weighted by molar-refractivity contribution is 0.240. The molecule has 0 radical (unpaired) electrons. The Hall–Kier alpha value is -1.65. The van der Waals surface area contributed by atoms with Crippen LogP contribution < -0.4 is 5.32 Å². The number of aliphatic hydroxyl groups excluding tert-OH is 1. The molecule has 4 nitrogen and oxygen atoms in total. The van der Waals surface area contributed by atoms with Crippen LogP contribution in [-0.2, 0) is 13.0 Å². The zero-order valence-corrected chi connectivity index (χ0v) is 11.5. The van der Waals surface area contributed by atoms with Gasteiger partial charge in [0.15, 0.2) is 0 Å². The summed E-state index contributed by atoms with van der Waals surface area (Å²) in [5.74, 6) is 0. The highest BCUT2D eigenvalue weighted by Crippen LogP contribution is 2.10. The average molecular weight is 259 g/mol. The minimum absolute atomic E-state index is 0.0658. The standard InChI is InChI=1S/C15H21N3O/c1-11-15(12(2)18-17-11)9-16-14(10-19)8-13-6-4-3-5-7-13/h3-7,14,16,19H,8-10H2,1-2H3,(H,17,18). The average Bonchev–Trinajstić information content (AvgIpc) is 2.75. The molecule has 0 saturated heterocycles. The van der Waals surface area contributed by atoms with Crippen molar-refractivity contribution in [3.05, 3.63) is 52.8 Å². The van der Waals surface area contributed by atoms with Crippen molar-refractivity contribution in [1.29, 1.82) is 0 Å². The molecule has 1 aromatic heterocycles. The maximum atomic E-state index is 9.47. The molecule has 0 amide bonds. The number of benzene rings is 1. The largest absolute Gasteiger partial charge is 0.395 e. The smallest absolute Gasteiger partial charge is 0.0638 e. The molecule has 0 spiro atoms. The zero-order valence-electron chi connectivity index (χ0n) is 11.5. The molecule has 0 saturated carbocycles. The van der Waals surface area contributed by atoms with E-state index in [0.717, 1.165) is 24.4 Å². The number of aromatic nitrogens is 2. The van der Waals surface area contributed by atoms with Gasteiger partial charge in [-0.2, -0.15) is 5.10 Å². The first-order valence-electron chi connectivity index (χ1n) is 6.59. The number of hydrogen-bond donors (Lipinski definition) is 3. The molecule has 2 rings (SSSR count). The Kier molecular flexibility index (Phi) is 4.71. The molecule has 0 fully saturated rings. The van der Waals surface area contributed by atoms with Gasteiger partial charge in [-0.05, 0) is 25.8 Å². The number of hydrogen-bond acceptors (Lipinski definition) is 3. The quantitative estimate of drug-likeness (QED) is 0.740. The Labute approximate surface area is 113 Å². The number of H-pyrrole nitrogens is 1. The van der Waals surface area contributed by atoms with Gasteiger partial charge < -0.3 is 10.4 Å². The van der Waals surface area contributed by atoms with Crippen molar-refractivity contribution >= 4 is 0 Å².